The van der Waals surface area contributed by atoms with E-state index in [4.69, 9.17) is 9.16 Å². The van der Waals surface area contributed by atoms with Crippen LogP contribution in [0.5, 0.6) is 0 Å². The molecule has 0 radical (unpaired) electrons. The molecular formula is C17H34O3Si. The predicted molar refractivity (Wildman–Crippen MR) is 91.9 cm³/mol. The van der Waals surface area contributed by atoms with Crippen molar-refractivity contribution in [3.63, 3.8) is 0 Å². The van der Waals surface area contributed by atoms with Crippen LogP contribution < -0.4 is 0 Å². The fraction of sp³-hybridized carbons (Fsp3) is 0.824. The number of ether oxygens (including phenoxy) is 1. The summed E-state index contributed by atoms with van der Waals surface area (Å²) in [6.07, 6.45) is 3.65. The van der Waals surface area contributed by atoms with Crippen molar-refractivity contribution in [1.29, 1.82) is 0 Å². The highest BCUT2D eigenvalue weighted by atomic mass is 28.4. The van der Waals surface area contributed by atoms with Gasteiger partial charge in [-0.1, -0.05) is 39.3 Å². The van der Waals surface area contributed by atoms with E-state index in [1.54, 1.807) is 0 Å². The molecule has 3 nitrogen and oxygen atoms in total. The summed E-state index contributed by atoms with van der Waals surface area (Å²) in [5.41, 5.74) is 1.30. The van der Waals surface area contributed by atoms with Gasteiger partial charge >= 0.3 is 5.97 Å². The third-order valence-corrected chi connectivity index (χ3v) is 9.11. The number of methoxy groups -OCH3 is 1. The largest absolute Gasteiger partial charge is 0.469 e. The van der Waals surface area contributed by atoms with Crippen LogP contribution in [-0.2, 0) is 14.0 Å². The second-order valence-corrected chi connectivity index (χ2v) is 10.9. The van der Waals surface area contributed by atoms with Gasteiger partial charge in [0.25, 0.3) is 0 Å². The van der Waals surface area contributed by atoms with E-state index in [9.17, 15) is 4.79 Å². The Balaban J connectivity index is 5.03. The first-order valence-corrected chi connectivity index (χ1v) is 10.7. The van der Waals surface area contributed by atoms with E-state index in [0.29, 0.717) is 6.42 Å². The zero-order chi connectivity index (χ0) is 16.5. The van der Waals surface area contributed by atoms with Crippen molar-refractivity contribution in [2.75, 3.05) is 7.11 Å². The molecular weight excluding hydrogens is 280 g/mol. The van der Waals surface area contributed by atoms with E-state index in [1.165, 1.54) is 12.7 Å². The number of allylic oxidation sites excluding steroid dienone is 1. The summed E-state index contributed by atoms with van der Waals surface area (Å²) >= 11 is 0. The molecule has 0 aliphatic heterocycles. The Morgan fingerprint density at radius 3 is 2.05 bits per heavy atom. The van der Waals surface area contributed by atoms with Gasteiger partial charge in [0.2, 0.25) is 0 Å². The van der Waals surface area contributed by atoms with Gasteiger partial charge in [0.15, 0.2) is 8.32 Å². The molecule has 2 atom stereocenters. The van der Waals surface area contributed by atoms with Crippen molar-refractivity contribution in [1.82, 2.24) is 0 Å². The Hall–Kier alpha value is -0.613. The first-order chi connectivity index (χ1) is 9.83. The molecule has 0 saturated carbocycles. The first kappa shape index (κ1) is 20.4. The van der Waals surface area contributed by atoms with E-state index in [1.807, 2.05) is 0 Å². The molecule has 0 N–H and O–H groups in total. The fourth-order valence-electron chi connectivity index (χ4n) is 2.55. The van der Waals surface area contributed by atoms with E-state index in [-0.39, 0.29) is 18.0 Å². The standard InChI is InChI=1S/C17H34O3Si/c1-8-21(9-2,10-3)20-16(12-11-14(4)5)15(6)13-17(18)19-7/h11,15-16H,8-10,12-13H2,1-7H3/t15-,16+/m0/s1. The normalized spacial score (nSPS) is 14.4. The van der Waals surface area contributed by atoms with Crippen LogP contribution in [0.2, 0.25) is 18.1 Å². The SMILES string of the molecule is CC[Si](CC)(CC)O[C@H](CC=C(C)C)[C@@H](C)CC(=O)OC. The van der Waals surface area contributed by atoms with Gasteiger partial charge in [-0.25, -0.2) is 0 Å². The Morgan fingerprint density at radius 2 is 1.67 bits per heavy atom. The smallest absolute Gasteiger partial charge is 0.305 e. The first-order valence-electron chi connectivity index (χ1n) is 8.22. The maximum atomic E-state index is 11.6. The van der Waals surface area contributed by atoms with Gasteiger partial charge in [-0.15, -0.1) is 0 Å². The second-order valence-electron chi connectivity index (χ2n) is 6.17. The summed E-state index contributed by atoms with van der Waals surface area (Å²) in [6.45, 7) is 13.0. The lowest BCUT2D eigenvalue weighted by molar-refractivity contribution is -0.142. The molecule has 0 aromatic rings. The van der Waals surface area contributed by atoms with Gasteiger partial charge in [-0.3, -0.25) is 4.79 Å². The third-order valence-electron chi connectivity index (χ3n) is 4.44. The Kier molecular flexibility index (Phi) is 9.87. The van der Waals surface area contributed by atoms with Crippen LogP contribution in [0, 0.1) is 5.92 Å². The molecule has 0 unspecified atom stereocenters. The molecule has 0 rings (SSSR count). The molecule has 0 heterocycles. The summed E-state index contributed by atoms with van der Waals surface area (Å²) in [6, 6.07) is 3.41. The monoisotopic (exact) mass is 314 g/mol. The number of carbonyl (C=O) groups excluding carboxylic acids is 1. The molecule has 4 heteroatoms. The molecule has 0 saturated heterocycles. The minimum atomic E-state index is -1.66. The van der Waals surface area contributed by atoms with E-state index < -0.39 is 8.32 Å². The summed E-state index contributed by atoms with van der Waals surface area (Å²) in [5.74, 6) is 0.0367. The fourth-order valence-corrected chi connectivity index (χ4v) is 5.52. The highest BCUT2D eigenvalue weighted by molar-refractivity contribution is 6.73. The summed E-state index contributed by atoms with van der Waals surface area (Å²) in [5, 5.41) is 0. The van der Waals surface area contributed by atoms with Crippen molar-refractivity contribution < 1.29 is 14.0 Å². The van der Waals surface area contributed by atoms with E-state index >= 15 is 0 Å². The quantitative estimate of drug-likeness (QED) is 0.326. The van der Waals surface area contributed by atoms with Crippen molar-refractivity contribution in [3.8, 4) is 0 Å². The molecule has 0 amide bonds. The van der Waals surface area contributed by atoms with Gasteiger partial charge in [0, 0.05) is 0 Å². The van der Waals surface area contributed by atoms with Crippen molar-refractivity contribution >= 4 is 14.3 Å². The van der Waals surface area contributed by atoms with Crippen LogP contribution in [0.15, 0.2) is 11.6 Å². The lowest BCUT2D eigenvalue weighted by atomic mass is 9.98. The third kappa shape index (κ3) is 7.27. The second kappa shape index (κ2) is 10.2. The molecule has 124 valence electrons. The number of esters is 1. The van der Waals surface area contributed by atoms with Crippen LogP contribution in [0.3, 0.4) is 0 Å². The maximum absolute atomic E-state index is 11.6. The number of rotatable bonds is 10. The Labute approximate surface area is 132 Å². The van der Waals surface area contributed by atoms with E-state index in [0.717, 1.165) is 24.6 Å². The minimum Gasteiger partial charge on any atom is -0.469 e. The molecule has 21 heavy (non-hydrogen) atoms. The van der Waals surface area contributed by atoms with Gasteiger partial charge < -0.3 is 9.16 Å². The summed E-state index contributed by atoms with van der Waals surface area (Å²) in [4.78, 5) is 11.6. The zero-order valence-corrected chi connectivity index (χ0v) is 16.0. The molecule has 0 aromatic carbocycles. The molecule has 0 spiro atoms. The Bertz CT molecular complexity index is 323. The van der Waals surface area contributed by atoms with Gasteiger partial charge in [-0.05, 0) is 44.3 Å². The number of carbonyl (C=O) groups is 1. The maximum Gasteiger partial charge on any atom is 0.305 e. The van der Waals surface area contributed by atoms with Crippen LogP contribution >= 0.6 is 0 Å². The van der Waals surface area contributed by atoms with E-state index in [2.05, 4.69) is 47.6 Å². The Morgan fingerprint density at radius 1 is 1.14 bits per heavy atom. The lowest BCUT2D eigenvalue weighted by Crippen LogP contribution is -2.42. The van der Waals surface area contributed by atoms with Gasteiger partial charge in [0.1, 0.15) is 0 Å². The summed E-state index contributed by atoms with van der Waals surface area (Å²) in [7, 11) is -0.209. The zero-order valence-electron chi connectivity index (χ0n) is 15.0. The minimum absolute atomic E-state index is 0.116. The van der Waals surface area contributed by atoms with Gasteiger partial charge in [-0.2, -0.15) is 0 Å². The van der Waals surface area contributed by atoms with Crippen molar-refractivity contribution in [3.05, 3.63) is 11.6 Å². The van der Waals surface area contributed by atoms with Crippen LogP contribution in [0.4, 0.5) is 0 Å². The van der Waals surface area contributed by atoms with Crippen LogP contribution in [0.1, 0.15) is 54.4 Å². The predicted octanol–water partition coefficient (Wildman–Crippen LogP) is 4.93. The molecule has 0 aromatic heterocycles. The average molecular weight is 315 g/mol. The van der Waals surface area contributed by atoms with Crippen molar-refractivity contribution in [2.24, 2.45) is 5.92 Å². The number of hydrogen-bond acceptors (Lipinski definition) is 3. The number of hydrogen-bond donors (Lipinski definition) is 0. The van der Waals surface area contributed by atoms with Gasteiger partial charge in [0.05, 0.1) is 19.6 Å². The van der Waals surface area contributed by atoms with Crippen LogP contribution in [0.25, 0.3) is 0 Å². The molecule has 0 fully saturated rings. The van der Waals surface area contributed by atoms with Crippen molar-refractivity contribution in [2.45, 2.75) is 78.6 Å². The highest BCUT2D eigenvalue weighted by Gasteiger charge is 2.34. The summed E-state index contributed by atoms with van der Waals surface area (Å²) < 4.78 is 11.4. The molecule has 0 bridgehead atoms. The highest BCUT2D eigenvalue weighted by Crippen LogP contribution is 2.28. The average Bonchev–Trinajstić information content (AvgIpc) is 2.47. The molecule has 0 aliphatic carbocycles. The topological polar surface area (TPSA) is 35.5 Å². The van der Waals surface area contributed by atoms with Crippen LogP contribution in [-0.4, -0.2) is 27.5 Å². The molecule has 0 aliphatic rings. The lowest BCUT2D eigenvalue weighted by Gasteiger charge is -2.35.